The monoisotopic (exact) mass is 294 g/mol. The van der Waals surface area contributed by atoms with Crippen LogP contribution in [0.1, 0.15) is 36.4 Å². The lowest BCUT2D eigenvalue weighted by atomic mass is 9.90. The molecule has 1 aliphatic carbocycles. The Balaban J connectivity index is 1.63. The summed E-state index contributed by atoms with van der Waals surface area (Å²) in [6.45, 7) is 4.64. The van der Waals surface area contributed by atoms with Crippen LogP contribution in [0.25, 0.3) is 11.0 Å². The zero-order valence-corrected chi connectivity index (χ0v) is 12.9. The van der Waals surface area contributed by atoms with Gasteiger partial charge in [-0.2, -0.15) is 0 Å². The maximum atomic E-state index is 13.2. The predicted molar refractivity (Wildman–Crippen MR) is 86.5 cm³/mol. The van der Waals surface area contributed by atoms with E-state index in [4.69, 9.17) is 0 Å². The topological polar surface area (TPSA) is 28.7 Å². The third-order valence-corrected chi connectivity index (χ3v) is 4.47. The molecule has 0 radical (unpaired) electrons. The van der Waals surface area contributed by atoms with Gasteiger partial charge in [0.1, 0.15) is 11.6 Å². The van der Waals surface area contributed by atoms with Gasteiger partial charge in [0.15, 0.2) is 0 Å². The lowest BCUT2D eigenvalue weighted by Crippen LogP contribution is -2.09. The van der Waals surface area contributed by atoms with Crippen LogP contribution in [0.15, 0.2) is 36.4 Å². The lowest BCUT2D eigenvalue weighted by molar-refractivity contribution is 0.392. The first-order valence-corrected chi connectivity index (χ1v) is 7.73. The van der Waals surface area contributed by atoms with Crippen molar-refractivity contribution in [1.29, 1.82) is 0 Å². The molecule has 1 aliphatic rings. The number of nitrogens with zero attached hydrogens (tertiary/aromatic N) is 1. The molecule has 4 rings (SSSR count). The van der Waals surface area contributed by atoms with Crippen molar-refractivity contribution in [3.8, 4) is 0 Å². The number of halogens is 1. The van der Waals surface area contributed by atoms with Crippen molar-refractivity contribution in [2.75, 3.05) is 0 Å². The first kappa shape index (κ1) is 13.5. The maximum absolute atomic E-state index is 13.2. The van der Waals surface area contributed by atoms with Crippen LogP contribution in [-0.2, 0) is 19.3 Å². The molecule has 2 aromatic carbocycles. The number of fused-ring (bicyclic) bond motifs is 2. The standard InChI is InChI=1S/C19H19FN2/c1-19(2)10-13-4-3-12(7-14(13)11-19)8-18-21-16-6-5-15(20)9-17(16)22-18/h3-7,9H,8,10-11H2,1-2H3,(H,21,22). The fourth-order valence-electron chi connectivity index (χ4n) is 3.53. The van der Waals surface area contributed by atoms with E-state index in [9.17, 15) is 4.39 Å². The van der Waals surface area contributed by atoms with E-state index in [1.807, 2.05) is 0 Å². The molecule has 0 saturated heterocycles. The van der Waals surface area contributed by atoms with Crippen molar-refractivity contribution in [1.82, 2.24) is 9.97 Å². The molecule has 2 nitrogen and oxygen atoms in total. The van der Waals surface area contributed by atoms with Crippen molar-refractivity contribution in [3.05, 3.63) is 64.7 Å². The van der Waals surface area contributed by atoms with Crippen molar-refractivity contribution < 1.29 is 4.39 Å². The number of hydrogen-bond acceptors (Lipinski definition) is 1. The summed E-state index contributed by atoms with van der Waals surface area (Å²) in [5.41, 5.74) is 6.15. The second-order valence-corrected chi connectivity index (χ2v) is 7.14. The summed E-state index contributed by atoms with van der Waals surface area (Å²) >= 11 is 0. The Labute approximate surface area is 129 Å². The van der Waals surface area contributed by atoms with Crippen LogP contribution in [0.3, 0.4) is 0 Å². The highest BCUT2D eigenvalue weighted by Crippen LogP contribution is 2.36. The summed E-state index contributed by atoms with van der Waals surface area (Å²) in [4.78, 5) is 7.77. The molecule has 1 aromatic heterocycles. The predicted octanol–water partition coefficient (Wildman–Crippen LogP) is 4.42. The molecule has 0 fully saturated rings. The minimum absolute atomic E-state index is 0.234. The van der Waals surface area contributed by atoms with E-state index in [0.717, 1.165) is 36.1 Å². The van der Waals surface area contributed by atoms with Crippen molar-refractivity contribution >= 4 is 11.0 Å². The second kappa shape index (κ2) is 4.67. The number of rotatable bonds is 2. The highest BCUT2D eigenvalue weighted by Gasteiger charge is 2.28. The molecule has 0 amide bonds. The quantitative estimate of drug-likeness (QED) is 0.744. The van der Waals surface area contributed by atoms with Crippen LogP contribution in [0.5, 0.6) is 0 Å². The summed E-state index contributed by atoms with van der Waals surface area (Å²) in [5.74, 6) is 0.653. The number of nitrogens with one attached hydrogen (secondary N) is 1. The zero-order chi connectivity index (χ0) is 15.3. The van der Waals surface area contributed by atoms with Gasteiger partial charge in [0.25, 0.3) is 0 Å². The van der Waals surface area contributed by atoms with Crippen LogP contribution in [0.2, 0.25) is 0 Å². The largest absolute Gasteiger partial charge is 0.342 e. The molecular formula is C19H19FN2. The number of H-pyrrole nitrogens is 1. The molecule has 1 N–H and O–H groups in total. The van der Waals surface area contributed by atoms with Gasteiger partial charge in [-0.3, -0.25) is 0 Å². The van der Waals surface area contributed by atoms with E-state index >= 15 is 0 Å². The summed E-state index contributed by atoms with van der Waals surface area (Å²) in [6, 6.07) is 11.4. The smallest absolute Gasteiger partial charge is 0.125 e. The van der Waals surface area contributed by atoms with Gasteiger partial charge >= 0.3 is 0 Å². The van der Waals surface area contributed by atoms with Gasteiger partial charge in [-0.1, -0.05) is 32.0 Å². The van der Waals surface area contributed by atoms with Gasteiger partial charge in [0.2, 0.25) is 0 Å². The molecule has 0 unspecified atom stereocenters. The van der Waals surface area contributed by atoms with Gasteiger partial charge in [0, 0.05) is 6.42 Å². The average molecular weight is 294 g/mol. The molecule has 0 bridgehead atoms. The Morgan fingerprint density at radius 3 is 2.77 bits per heavy atom. The van der Waals surface area contributed by atoms with Crippen LogP contribution < -0.4 is 0 Å². The normalized spacial score (nSPS) is 16.1. The minimum atomic E-state index is -0.234. The molecule has 0 spiro atoms. The fraction of sp³-hybridized carbons (Fsp3) is 0.316. The van der Waals surface area contributed by atoms with E-state index in [2.05, 4.69) is 42.0 Å². The van der Waals surface area contributed by atoms with Crippen LogP contribution in [0.4, 0.5) is 4.39 Å². The third-order valence-electron chi connectivity index (χ3n) is 4.47. The Hall–Kier alpha value is -2.16. The maximum Gasteiger partial charge on any atom is 0.125 e. The average Bonchev–Trinajstić information content (AvgIpc) is 2.96. The van der Waals surface area contributed by atoms with E-state index in [1.165, 1.54) is 28.8 Å². The van der Waals surface area contributed by atoms with Crippen molar-refractivity contribution in [3.63, 3.8) is 0 Å². The van der Waals surface area contributed by atoms with Gasteiger partial charge in [-0.25, -0.2) is 9.37 Å². The first-order valence-electron chi connectivity index (χ1n) is 7.73. The summed E-state index contributed by atoms with van der Waals surface area (Å²) < 4.78 is 13.2. The van der Waals surface area contributed by atoms with E-state index in [0.29, 0.717) is 5.41 Å². The molecule has 3 heteroatoms. The SMILES string of the molecule is CC1(C)Cc2ccc(Cc3nc4ccc(F)cc4[nH]3)cc2C1. The van der Waals surface area contributed by atoms with Crippen LogP contribution >= 0.6 is 0 Å². The third kappa shape index (κ3) is 2.41. The van der Waals surface area contributed by atoms with Crippen LogP contribution in [0, 0.1) is 11.2 Å². The summed E-state index contributed by atoms with van der Waals surface area (Å²) in [6.07, 6.45) is 3.05. The number of aromatic nitrogens is 2. The molecule has 22 heavy (non-hydrogen) atoms. The summed E-state index contributed by atoms with van der Waals surface area (Å²) in [7, 11) is 0. The highest BCUT2D eigenvalue weighted by atomic mass is 19.1. The molecule has 1 heterocycles. The highest BCUT2D eigenvalue weighted by molar-refractivity contribution is 5.75. The van der Waals surface area contributed by atoms with Crippen molar-refractivity contribution in [2.24, 2.45) is 5.41 Å². The Morgan fingerprint density at radius 1 is 1.09 bits per heavy atom. The van der Waals surface area contributed by atoms with E-state index in [1.54, 1.807) is 6.07 Å². The molecule has 0 aliphatic heterocycles. The number of aromatic amines is 1. The van der Waals surface area contributed by atoms with Gasteiger partial charge in [-0.05, 0) is 53.1 Å². The number of hydrogen-bond donors (Lipinski definition) is 1. The molecule has 0 atom stereocenters. The first-order chi connectivity index (χ1) is 10.5. The van der Waals surface area contributed by atoms with E-state index in [-0.39, 0.29) is 5.82 Å². The fourth-order valence-corrected chi connectivity index (χ4v) is 3.53. The number of imidazole rings is 1. The van der Waals surface area contributed by atoms with Gasteiger partial charge in [-0.15, -0.1) is 0 Å². The molecular weight excluding hydrogens is 275 g/mol. The minimum Gasteiger partial charge on any atom is -0.342 e. The Morgan fingerprint density at radius 2 is 1.91 bits per heavy atom. The summed E-state index contributed by atoms with van der Waals surface area (Å²) in [5, 5.41) is 0. The van der Waals surface area contributed by atoms with Crippen molar-refractivity contribution in [2.45, 2.75) is 33.1 Å². The number of benzene rings is 2. The van der Waals surface area contributed by atoms with Gasteiger partial charge < -0.3 is 4.98 Å². The second-order valence-electron chi connectivity index (χ2n) is 7.14. The van der Waals surface area contributed by atoms with Gasteiger partial charge in [0.05, 0.1) is 11.0 Å². The Kier molecular flexibility index (Phi) is 2.86. The molecule has 112 valence electrons. The lowest BCUT2D eigenvalue weighted by Gasteiger charge is -2.14. The van der Waals surface area contributed by atoms with Crippen LogP contribution in [-0.4, -0.2) is 9.97 Å². The van der Waals surface area contributed by atoms with E-state index < -0.39 is 0 Å². The molecule has 0 saturated carbocycles. The molecule has 3 aromatic rings. The Bertz CT molecular complexity index is 861. The zero-order valence-electron chi connectivity index (χ0n) is 12.9.